The van der Waals surface area contributed by atoms with Gasteiger partial charge in [0.1, 0.15) is 0 Å². The van der Waals surface area contributed by atoms with E-state index < -0.39 is 11.9 Å². The maximum atomic E-state index is 9.10. The Balaban J connectivity index is 0.000000209. The number of rotatable bonds is 0. The first-order valence-electron chi connectivity index (χ1n) is 4.76. The molecule has 1 aromatic rings. The van der Waals surface area contributed by atoms with Crippen molar-refractivity contribution in [2.45, 2.75) is 0 Å². The SMILES string of the molecule is C1=CNc2ccccc2C=C1.O=C(O)C(=O)O. The Hall–Kier alpha value is -2.56. The number of para-hydroxylation sites is 1. The first-order chi connectivity index (χ1) is 8.11. The van der Waals surface area contributed by atoms with Crippen molar-refractivity contribution in [1.82, 2.24) is 0 Å². The number of fused-ring (bicyclic) bond motifs is 1. The summed E-state index contributed by atoms with van der Waals surface area (Å²) in [6.07, 6.45) is 8.03. The van der Waals surface area contributed by atoms with Crippen LogP contribution in [0.3, 0.4) is 0 Å². The number of carboxylic acid groups (broad SMARTS) is 2. The molecule has 2 rings (SSSR count). The van der Waals surface area contributed by atoms with Gasteiger partial charge in [0.15, 0.2) is 0 Å². The number of anilines is 1. The van der Waals surface area contributed by atoms with Crippen molar-refractivity contribution in [3.63, 3.8) is 0 Å². The predicted molar refractivity (Wildman–Crippen MR) is 63.5 cm³/mol. The van der Waals surface area contributed by atoms with Crippen molar-refractivity contribution in [3.8, 4) is 0 Å². The quantitative estimate of drug-likeness (QED) is 0.595. The third-order valence-corrected chi connectivity index (χ3v) is 1.87. The third-order valence-electron chi connectivity index (χ3n) is 1.87. The van der Waals surface area contributed by atoms with Crippen LogP contribution in [0.4, 0.5) is 5.69 Å². The number of aliphatic carboxylic acids is 2. The number of benzene rings is 1. The van der Waals surface area contributed by atoms with Crippen molar-refractivity contribution in [3.05, 3.63) is 48.2 Å². The lowest BCUT2D eigenvalue weighted by Gasteiger charge is -2.01. The number of hydrogen-bond donors (Lipinski definition) is 3. The molecule has 0 radical (unpaired) electrons. The molecule has 17 heavy (non-hydrogen) atoms. The molecule has 1 aromatic carbocycles. The molecule has 0 fully saturated rings. The van der Waals surface area contributed by atoms with E-state index in [2.05, 4.69) is 23.5 Å². The summed E-state index contributed by atoms with van der Waals surface area (Å²) in [4.78, 5) is 18.2. The van der Waals surface area contributed by atoms with Crippen LogP contribution in [-0.4, -0.2) is 22.2 Å². The molecule has 0 atom stereocenters. The van der Waals surface area contributed by atoms with Crippen LogP contribution in [-0.2, 0) is 9.59 Å². The Bertz CT molecular complexity index is 465. The monoisotopic (exact) mass is 233 g/mol. The normalized spacial score (nSPS) is 11.3. The molecule has 0 bridgehead atoms. The van der Waals surface area contributed by atoms with Crippen LogP contribution in [0.25, 0.3) is 6.08 Å². The van der Waals surface area contributed by atoms with Crippen LogP contribution in [0, 0.1) is 0 Å². The van der Waals surface area contributed by atoms with E-state index in [1.54, 1.807) is 0 Å². The van der Waals surface area contributed by atoms with Crippen LogP contribution in [0.1, 0.15) is 5.56 Å². The summed E-state index contributed by atoms with van der Waals surface area (Å²) in [5, 5.41) is 18.0. The Kier molecular flexibility index (Phi) is 4.50. The lowest BCUT2D eigenvalue weighted by atomic mass is 10.2. The molecule has 0 saturated carbocycles. The smallest absolute Gasteiger partial charge is 0.414 e. The lowest BCUT2D eigenvalue weighted by molar-refractivity contribution is -0.159. The summed E-state index contributed by atoms with van der Waals surface area (Å²) in [5.41, 5.74) is 2.40. The minimum atomic E-state index is -1.82. The van der Waals surface area contributed by atoms with Gasteiger partial charge in [0.25, 0.3) is 0 Å². The third kappa shape index (κ3) is 4.21. The number of allylic oxidation sites excluding steroid dienone is 2. The van der Waals surface area contributed by atoms with Crippen molar-refractivity contribution in [2.24, 2.45) is 0 Å². The minimum absolute atomic E-state index is 1.16. The van der Waals surface area contributed by atoms with Gasteiger partial charge in [0, 0.05) is 11.9 Å². The largest absolute Gasteiger partial charge is 0.473 e. The van der Waals surface area contributed by atoms with E-state index in [1.807, 2.05) is 30.5 Å². The van der Waals surface area contributed by atoms with E-state index in [0.717, 1.165) is 5.69 Å². The van der Waals surface area contributed by atoms with Crippen molar-refractivity contribution >= 4 is 23.7 Å². The van der Waals surface area contributed by atoms with Gasteiger partial charge in [-0.3, -0.25) is 0 Å². The summed E-state index contributed by atoms with van der Waals surface area (Å²) in [6, 6.07) is 8.22. The van der Waals surface area contributed by atoms with Gasteiger partial charge in [0.05, 0.1) is 0 Å². The second-order valence-corrected chi connectivity index (χ2v) is 3.06. The molecule has 0 saturated heterocycles. The van der Waals surface area contributed by atoms with E-state index in [-0.39, 0.29) is 0 Å². The molecule has 0 unspecified atom stereocenters. The van der Waals surface area contributed by atoms with E-state index in [4.69, 9.17) is 19.8 Å². The van der Waals surface area contributed by atoms with E-state index >= 15 is 0 Å². The number of carbonyl (C=O) groups is 2. The van der Waals surface area contributed by atoms with Gasteiger partial charge in [-0.2, -0.15) is 0 Å². The standard InChI is InChI=1S/C10H9N.C2H2O4/c1-2-7-10-9(5-1)6-3-4-8-11-10;3-1(4)2(5)6/h1-8,11H;(H,3,4)(H,5,6). The average Bonchev–Trinajstić information content (AvgIpc) is 2.54. The van der Waals surface area contributed by atoms with Gasteiger partial charge in [-0.05, 0) is 17.7 Å². The zero-order valence-electron chi connectivity index (χ0n) is 8.83. The van der Waals surface area contributed by atoms with Gasteiger partial charge in [0.2, 0.25) is 0 Å². The first kappa shape index (κ1) is 12.5. The topological polar surface area (TPSA) is 86.6 Å². The Morgan fingerprint density at radius 3 is 2.29 bits per heavy atom. The molecule has 5 nitrogen and oxygen atoms in total. The average molecular weight is 233 g/mol. The first-order valence-corrected chi connectivity index (χ1v) is 4.76. The second kappa shape index (κ2) is 6.12. The molecule has 3 N–H and O–H groups in total. The van der Waals surface area contributed by atoms with Crippen molar-refractivity contribution in [1.29, 1.82) is 0 Å². The van der Waals surface area contributed by atoms with Gasteiger partial charge in [-0.25, -0.2) is 9.59 Å². The summed E-state index contributed by atoms with van der Waals surface area (Å²) in [6.45, 7) is 0. The molecular formula is C12H11NO4. The molecule has 5 heteroatoms. The Morgan fingerprint density at radius 1 is 1.00 bits per heavy atom. The highest BCUT2D eigenvalue weighted by molar-refractivity contribution is 6.27. The van der Waals surface area contributed by atoms with Crippen LogP contribution < -0.4 is 5.32 Å². The summed E-state index contributed by atoms with van der Waals surface area (Å²) in [7, 11) is 0. The van der Waals surface area contributed by atoms with Crippen LogP contribution in [0.15, 0.2) is 42.6 Å². The maximum absolute atomic E-state index is 9.10. The minimum Gasteiger partial charge on any atom is -0.473 e. The van der Waals surface area contributed by atoms with Gasteiger partial charge in [-0.1, -0.05) is 30.4 Å². The fourth-order valence-electron chi connectivity index (χ4n) is 1.13. The molecular weight excluding hydrogens is 222 g/mol. The fraction of sp³-hybridized carbons (Fsp3) is 0. The highest BCUT2D eigenvalue weighted by Gasteiger charge is 2.04. The van der Waals surface area contributed by atoms with Crippen LogP contribution in [0.5, 0.6) is 0 Å². The fourth-order valence-corrected chi connectivity index (χ4v) is 1.13. The second-order valence-electron chi connectivity index (χ2n) is 3.06. The summed E-state index contributed by atoms with van der Waals surface area (Å²) >= 11 is 0. The predicted octanol–water partition coefficient (Wildman–Crippen LogP) is 1.79. The van der Waals surface area contributed by atoms with E-state index in [0.29, 0.717) is 0 Å². The Morgan fingerprint density at radius 2 is 1.65 bits per heavy atom. The molecule has 1 heterocycles. The van der Waals surface area contributed by atoms with Gasteiger partial charge in [-0.15, -0.1) is 0 Å². The van der Waals surface area contributed by atoms with Gasteiger partial charge < -0.3 is 15.5 Å². The molecule has 88 valence electrons. The number of carboxylic acids is 2. The highest BCUT2D eigenvalue weighted by Crippen LogP contribution is 2.18. The molecule has 0 amide bonds. The summed E-state index contributed by atoms with van der Waals surface area (Å²) < 4.78 is 0. The molecule has 0 aliphatic carbocycles. The van der Waals surface area contributed by atoms with E-state index in [1.165, 1.54) is 5.56 Å². The molecule has 1 aliphatic heterocycles. The van der Waals surface area contributed by atoms with Gasteiger partial charge >= 0.3 is 11.9 Å². The summed E-state index contributed by atoms with van der Waals surface area (Å²) in [5.74, 6) is -3.65. The molecule has 0 aromatic heterocycles. The number of hydrogen-bond acceptors (Lipinski definition) is 3. The highest BCUT2D eigenvalue weighted by atomic mass is 16.4. The maximum Gasteiger partial charge on any atom is 0.414 e. The molecule has 1 aliphatic rings. The zero-order chi connectivity index (χ0) is 12.7. The van der Waals surface area contributed by atoms with Crippen LogP contribution in [0.2, 0.25) is 0 Å². The van der Waals surface area contributed by atoms with Crippen molar-refractivity contribution < 1.29 is 19.8 Å². The van der Waals surface area contributed by atoms with Crippen LogP contribution >= 0.6 is 0 Å². The lowest BCUT2D eigenvalue weighted by Crippen LogP contribution is -2.09. The number of nitrogens with one attached hydrogen (secondary N) is 1. The van der Waals surface area contributed by atoms with E-state index in [9.17, 15) is 0 Å². The Labute approximate surface area is 97.7 Å². The molecule has 0 spiro atoms. The zero-order valence-corrected chi connectivity index (χ0v) is 8.83. The van der Waals surface area contributed by atoms with Crippen molar-refractivity contribution in [2.75, 3.05) is 5.32 Å².